The Morgan fingerprint density at radius 3 is 1.89 bits per heavy atom. The third-order valence-corrected chi connectivity index (χ3v) is 13.4. The Kier molecular flexibility index (Phi) is 12.7. The first-order valence-corrected chi connectivity index (χ1v) is 23.8. The van der Waals surface area contributed by atoms with Crippen molar-refractivity contribution in [2.24, 2.45) is 0 Å². The summed E-state index contributed by atoms with van der Waals surface area (Å²) in [5.41, 5.74) is 8.12. The number of pyridine rings is 2. The van der Waals surface area contributed by atoms with Gasteiger partial charge in [0.05, 0.1) is 53.5 Å². The van der Waals surface area contributed by atoms with Gasteiger partial charge in [0.1, 0.15) is 11.4 Å². The van der Waals surface area contributed by atoms with E-state index in [4.69, 9.17) is 29.4 Å². The van der Waals surface area contributed by atoms with Crippen LogP contribution < -0.4 is 10.6 Å². The van der Waals surface area contributed by atoms with Crippen molar-refractivity contribution >= 4 is 56.9 Å². The number of H-pyrrole nitrogens is 2. The van der Waals surface area contributed by atoms with Crippen LogP contribution in [-0.4, -0.2) is 163 Å². The van der Waals surface area contributed by atoms with E-state index in [9.17, 15) is 9.59 Å². The SMILES string of the molecule is COCCOC1CCN(C(=O)c2cc3cc(Nc4nccc(-c5cccc(-c6cc(-c7ccccn7)nc(Nc7ccc8[nH]c(C(=O)N9CC(N%10CCN(C)CC%10)C9)cc8c7)n6)n5)n4)ccc3[nH]2)CC1. The van der Waals surface area contributed by atoms with Gasteiger partial charge in [-0.25, -0.2) is 24.9 Å². The molecule has 0 radical (unpaired) electrons. The van der Waals surface area contributed by atoms with Crippen LogP contribution in [0.3, 0.4) is 0 Å². The van der Waals surface area contributed by atoms with Crippen molar-refractivity contribution in [2.45, 2.75) is 25.0 Å². The third-order valence-electron chi connectivity index (χ3n) is 13.4. The lowest BCUT2D eigenvalue weighted by molar-refractivity contribution is -0.0123. The van der Waals surface area contributed by atoms with Gasteiger partial charge in [-0.3, -0.25) is 19.5 Å². The maximum absolute atomic E-state index is 13.5. The van der Waals surface area contributed by atoms with Crippen molar-refractivity contribution in [3.8, 4) is 34.2 Å². The molecular weight excluding hydrogens is 885 g/mol. The Balaban J connectivity index is 0.784. The van der Waals surface area contributed by atoms with E-state index in [1.807, 2.05) is 107 Å². The van der Waals surface area contributed by atoms with Gasteiger partial charge in [0.15, 0.2) is 0 Å². The quantitative estimate of drug-likeness (QED) is 0.0826. The summed E-state index contributed by atoms with van der Waals surface area (Å²) >= 11 is 0. The number of hydrogen-bond acceptors (Lipinski definition) is 14. The van der Waals surface area contributed by atoms with E-state index >= 15 is 0 Å². The number of ether oxygens (including phenoxy) is 2. The molecule has 0 aliphatic carbocycles. The highest BCUT2D eigenvalue weighted by atomic mass is 16.5. The lowest BCUT2D eigenvalue weighted by Gasteiger charge is -2.47. The second kappa shape index (κ2) is 19.8. The van der Waals surface area contributed by atoms with E-state index < -0.39 is 0 Å². The average Bonchev–Trinajstić information content (AvgIpc) is 4.01. The van der Waals surface area contributed by atoms with Gasteiger partial charge >= 0.3 is 0 Å². The van der Waals surface area contributed by atoms with Gasteiger partial charge in [-0.05, 0) is 105 Å². The van der Waals surface area contributed by atoms with Crippen LogP contribution >= 0.6 is 0 Å². The molecule has 9 heterocycles. The Hall–Kier alpha value is -7.64. The zero-order chi connectivity index (χ0) is 47.6. The van der Waals surface area contributed by atoms with Crippen molar-refractivity contribution in [1.29, 1.82) is 0 Å². The van der Waals surface area contributed by atoms with E-state index in [-0.39, 0.29) is 17.9 Å². The Morgan fingerprint density at radius 1 is 0.600 bits per heavy atom. The van der Waals surface area contributed by atoms with Crippen molar-refractivity contribution in [3.63, 3.8) is 0 Å². The molecule has 2 aromatic carbocycles. The number of piperidine rings is 1. The number of amides is 2. The fraction of sp³-hybridized carbons (Fsp3) is 0.308. The van der Waals surface area contributed by atoms with E-state index in [1.54, 1.807) is 19.5 Å². The lowest BCUT2D eigenvalue weighted by atomic mass is 10.1. The predicted octanol–water partition coefficient (Wildman–Crippen LogP) is 6.85. The van der Waals surface area contributed by atoms with Gasteiger partial charge in [0.25, 0.3) is 11.8 Å². The molecule has 70 heavy (non-hydrogen) atoms. The zero-order valence-electron chi connectivity index (χ0n) is 39.1. The van der Waals surface area contributed by atoms with Gasteiger partial charge in [-0.1, -0.05) is 12.1 Å². The molecule has 3 aliphatic heterocycles. The summed E-state index contributed by atoms with van der Waals surface area (Å²) in [5.74, 6) is 0.747. The van der Waals surface area contributed by atoms with Crippen LogP contribution in [0.5, 0.6) is 0 Å². The van der Waals surface area contributed by atoms with Crippen molar-refractivity contribution in [3.05, 3.63) is 121 Å². The van der Waals surface area contributed by atoms with Crippen LogP contribution in [0.25, 0.3) is 56.0 Å². The van der Waals surface area contributed by atoms with Crippen LogP contribution in [0.2, 0.25) is 0 Å². The minimum absolute atomic E-state index is 0.0167. The Bertz CT molecular complexity index is 3160. The number of hydrogen-bond donors (Lipinski definition) is 4. The van der Waals surface area contributed by atoms with Crippen molar-refractivity contribution < 1.29 is 19.1 Å². The molecule has 0 saturated carbocycles. The van der Waals surface area contributed by atoms with Gasteiger partial charge in [-0.2, -0.15) is 0 Å². The molecule has 0 bridgehead atoms. The number of carbonyl (C=O) groups excluding carboxylic acids is 2. The Morgan fingerprint density at radius 2 is 1.21 bits per heavy atom. The molecule has 18 heteroatoms. The summed E-state index contributed by atoms with van der Waals surface area (Å²) in [6.45, 7) is 8.12. The molecule has 4 N–H and O–H groups in total. The first-order valence-electron chi connectivity index (χ1n) is 23.8. The molecule has 11 rings (SSSR count). The molecular formula is C52H54N14O4. The van der Waals surface area contributed by atoms with Gasteiger partial charge in [0, 0.05) is 111 Å². The van der Waals surface area contributed by atoms with E-state index in [1.165, 1.54) is 0 Å². The molecule has 0 atom stereocenters. The summed E-state index contributed by atoms with van der Waals surface area (Å²) < 4.78 is 11.0. The molecule has 6 aromatic heterocycles. The zero-order valence-corrected chi connectivity index (χ0v) is 39.1. The third kappa shape index (κ3) is 9.79. The number of carbonyl (C=O) groups is 2. The van der Waals surface area contributed by atoms with Crippen LogP contribution in [0.4, 0.5) is 23.3 Å². The topological polar surface area (TPSA) is 199 Å². The molecule has 0 spiro atoms. The number of nitrogens with one attached hydrogen (secondary N) is 4. The highest BCUT2D eigenvalue weighted by Gasteiger charge is 2.36. The van der Waals surface area contributed by atoms with E-state index in [2.05, 4.69) is 47.4 Å². The van der Waals surface area contributed by atoms with Gasteiger partial charge in [-0.15, -0.1) is 0 Å². The molecule has 18 nitrogen and oxygen atoms in total. The highest BCUT2D eigenvalue weighted by molar-refractivity contribution is 6.00. The monoisotopic (exact) mass is 938 g/mol. The number of fused-ring (bicyclic) bond motifs is 2. The number of piperazine rings is 1. The smallest absolute Gasteiger partial charge is 0.270 e. The van der Waals surface area contributed by atoms with Crippen LogP contribution in [-0.2, 0) is 9.47 Å². The van der Waals surface area contributed by atoms with Crippen molar-refractivity contribution in [2.75, 3.05) is 90.4 Å². The number of nitrogens with zero attached hydrogens (tertiary/aromatic N) is 10. The number of rotatable bonds is 14. The largest absolute Gasteiger partial charge is 0.382 e. The summed E-state index contributed by atoms with van der Waals surface area (Å²) in [4.78, 5) is 71.1. The number of methoxy groups -OCH3 is 1. The minimum atomic E-state index is -0.0236. The summed E-state index contributed by atoms with van der Waals surface area (Å²) in [6.07, 6.45) is 5.16. The summed E-state index contributed by atoms with van der Waals surface area (Å²) in [6, 6.07) is 31.1. The second-order valence-corrected chi connectivity index (χ2v) is 18.1. The maximum atomic E-state index is 13.5. The number of anilines is 4. The maximum Gasteiger partial charge on any atom is 0.270 e. The Labute approximate surface area is 404 Å². The average molecular weight is 939 g/mol. The van der Waals surface area contributed by atoms with Gasteiger partial charge in [0.2, 0.25) is 11.9 Å². The molecule has 3 fully saturated rings. The van der Waals surface area contributed by atoms with Crippen LogP contribution in [0.15, 0.2) is 109 Å². The molecule has 356 valence electrons. The number of aromatic nitrogens is 8. The lowest BCUT2D eigenvalue weighted by Crippen LogP contribution is -2.64. The van der Waals surface area contributed by atoms with Crippen molar-refractivity contribution in [1.82, 2.24) is 59.5 Å². The number of benzene rings is 2. The molecule has 8 aromatic rings. The van der Waals surface area contributed by atoms with Gasteiger partial charge < -0.3 is 44.8 Å². The minimum Gasteiger partial charge on any atom is -0.382 e. The highest BCUT2D eigenvalue weighted by Crippen LogP contribution is 2.30. The normalized spacial score (nSPS) is 16.2. The fourth-order valence-electron chi connectivity index (χ4n) is 9.37. The number of likely N-dealkylation sites (tertiary alicyclic amines) is 2. The molecule has 3 saturated heterocycles. The van der Waals surface area contributed by atoms with E-state index in [0.29, 0.717) is 89.8 Å². The van der Waals surface area contributed by atoms with E-state index in [0.717, 1.165) is 85.3 Å². The first kappa shape index (κ1) is 44.8. The molecule has 0 unspecified atom stereocenters. The summed E-state index contributed by atoms with van der Waals surface area (Å²) in [7, 11) is 3.82. The first-order chi connectivity index (χ1) is 34.3. The predicted molar refractivity (Wildman–Crippen MR) is 268 cm³/mol. The van der Waals surface area contributed by atoms with Crippen LogP contribution in [0, 0.1) is 0 Å². The summed E-state index contributed by atoms with van der Waals surface area (Å²) in [5, 5.41) is 8.54. The van der Waals surface area contributed by atoms with Crippen LogP contribution in [0.1, 0.15) is 33.8 Å². The molecule has 3 aliphatic rings. The number of likely N-dealkylation sites (N-methyl/N-ethyl adjacent to an activating group) is 1. The second-order valence-electron chi connectivity index (χ2n) is 18.1. The molecule has 2 amide bonds. The fourth-order valence-corrected chi connectivity index (χ4v) is 9.37. The number of aromatic amines is 2. The standard InChI is InChI=1S/C52H54N14O4/c1-63-20-22-64(23-21-63)37-31-66(32-37)50(68)48-29-34-27-36(10-12-40(34)58-48)56-52-61-45(41-6-3-4-16-53-41)30-46(62-52)43-8-5-7-42(59-43)44-13-17-54-51(60-44)55-35-9-11-39-33(26-35)28-47(57-39)49(67)65-18-14-38(15-19-65)70-25-24-69-2/h3-13,16-17,26-30,37-38,57-58H,14-15,18-25,31-32H2,1-2H3,(H,54,55,60)(H,56,61,62).